The lowest BCUT2D eigenvalue weighted by atomic mass is 10.2. The van der Waals surface area contributed by atoms with Crippen molar-refractivity contribution in [3.63, 3.8) is 0 Å². The van der Waals surface area contributed by atoms with Crippen LogP contribution in [0.4, 0.5) is 0 Å². The highest BCUT2D eigenvalue weighted by Crippen LogP contribution is 2.23. The molecule has 20 heavy (non-hydrogen) atoms. The van der Waals surface area contributed by atoms with Gasteiger partial charge < -0.3 is 9.47 Å². The minimum absolute atomic E-state index is 0.00298. The molecule has 1 heterocycles. The Morgan fingerprint density at radius 2 is 1.95 bits per heavy atom. The molecule has 1 fully saturated rings. The zero-order chi connectivity index (χ0) is 14.8. The van der Waals surface area contributed by atoms with Gasteiger partial charge in [0.15, 0.2) is 5.79 Å². The summed E-state index contributed by atoms with van der Waals surface area (Å²) in [6.07, 6.45) is 0.339. The Morgan fingerprint density at radius 1 is 1.30 bits per heavy atom. The van der Waals surface area contributed by atoms with E-state index in [-0.39, 0.29) is 17.6 Å². The maximum Gasteiger partial charge on any atom is 0.297 e. The summed E-state index contributed by atoms with van der Waals surface area (Å²) in [5, 5.41) is 0. The lowest BCUT2D eigenvalue weighted by Gasteiger charge is -2.35. The van der Waals surface area contributed by atoms with Crippen LogP contribution in [0.1, 0.15) is 25.8 Å². The minimum Gasteiger partial charge on any atom is -0.350 e. The number of hydrogen-bond donors (Lipinski definition) is 0. The van der Waals surface area contributed by atoms with Crippen LogP contribution in [-0.2, 0) is 23.8 Å². The van der Waals surface area contributed by atoms with E-state index in [1.54, 1.807) is 38.1 Å². The molecule has 1 saturated heterocycles. The highest BCUT2D eigenvalue weighted by atomic mass is 32.2. The molecule has 1 aromatic rings. The lowest BCUT2D eigenvalue weighted by Crippen LogP contribution is -2.41. The highest BCUT2D eigenvalue weighted by molar-refractivity contribution is 7.86. The smallest absolute Gasteiger partial charge is 0.297 e. The van der Waals surface area contributed by atoms with Crippen molar-refractivity contribution in [1.82, 2.24) is 0 Å². The van der Waals surface area contributed by atoms with Gasteiger partial charge in [0, 0.05) is 0 Å². The summed E-state index contributed by atoms with van der Waals surface area (Å²) in [5.74, 6) is -0.695. The van der Waals surface area contributed by atoms with Crippen molar-refractivity contribution in [3.8, 4) is 0 Å². The molecule has 0 N–H and O–H groups in total. The Kier molecular flexibility index (Phi) is 4.49. The molecule has 6 heteroatoms. The molecule has 0 aliphatic carbocycles. The minimum atomic E-state index is -3.73. The van der Waals surface area contributed by atoms with E-state index in [0.717, 1.165) is 5.56 Å². The van der Waals surface area contributed by atoms with Gasteiger partial charge in [-0.05, 0) is 39.3 Å². The van der Waals surface area contributed by atoms with E-state index in [9.17, 15) is 8.42 Å². The second-order valence-electron chi connectivity index (χ2n) is 5.33. The predicted octanol–water partition coefficient (Wildman–Crippen LogP) is 2.24. The number of rotatable bonds is 4. The van der Waals surface area contributed by atoms with Gasteiger partial charge in [0.1, 0.15) is 0 Å². The maximum atomic E-state index is 12.0. The number of aryl methyl sites for hydroxylation is 1. The van der Waals surface area contributed by atoms with E-state index in [2.05, 4.69) is 0 Å². The molecular weight excluding hydrogens is 280 g/mol. The van der Waals surface area contributed by atoms with Crippen molar-refractivity contribution < 1.29 is 22.1 Å². The molecule has 0 aromatic heterocycles. The molecule has 0 spiro atoms. The highest BCUT2D eigenvalue weighted by Gasteiger charge is 2.30. The summed E-state index contributed by atoms with van der Waals surface area (Å²) in [6, 6.07) is 6.56. The van der Waals surface area contributed by atoms with E-state index in [1.165, 1.54) is 0 Å². The van der Waals surface area contributed by atoms with Crippen molar-refractivity contribution >= 4 is 10.1 Å². The van der Waals surface area contributed by atoms with Gasteiger partial charge in [-0.15, -0.1) is 0 Å². The van der Waals surface area contributed by atoms with E-state index in [1.807, 2.05) is 6.92 Å². The van der Waals surface area contributed by atoms with Crippen molar-refractivity contribution in [2.75, 3.05) is 13.2 Å². The van der Waals surface area contributed by atoms with Crippen molar-refractivity contribution in [1.29, 1.82) is 0 Å². The first-order valence-electron chi connectivity index (χ1n) is 6.56. The molecule has 1 aromatic carbocycles. The normalized spacial score (nSPS) is 22.6. The van der Waals surface area contributed by atoms with Crippen LogP contribution >= 0.6 is 0 Å². The van der Waals surface area contributed by atoms with Gasteiger partial charge in [0.2, 0.25) is 0 Å². The zero-order valence-electron chi connectivity index (χ0n) is 12.0. The molecule has 1 aliphatic heterocycles. The van der Waals surface area contributed by atoms with Crippen LogP contribution in [0.5, 0.6) is 0 Å². The first kappa shape index (κ1) is 15.4. The average molecular weight is 300 g/mol. The van der Waals surface area contributed by atoms with Crippen LogP contribution in [-0.4, -0.2) is 33.5 Å². The SMILES string of the molecule is Cc1ccc(S(=O)(=O)OC[C@@H]2CCOC(C)(C)O2)cc1. The van der Waals surface area contributed by atoms with Gasteiger partial charge in [-0.2, -0.15) is 8.42 Å². The van der Waals surface area contributed by atoms with Crippen molar-refractivity contribution in [2.45, 2.75) is 44.0 Å². The van der Waals surface area contributed by atoms with Crippen LogP contribution in [0.2, 0.25) is 0 Å². The molecular formula is C14H20O5S. The van der Waals surface area contributed by atoms with Crippen molar-refractivity contribution in [2.24, 2.45) is 0 Å². The van der Waals surface area contributed by atoms with Gasteiger partial charge in [0.05, 0.1) is 24.2 Å². The standard InChI is InChI=1S/C14H20O5S/c1-11-4-6-13(7-5-11)20(15,16)18-10-12-8-9-17-14(2,3)19-12/h4-7,12H,8-10H2,1-3H3/t12-/m0/s1. The van der Waals surface area contributed by atoms with Crippen LogP contribution in [0.25, 0.3) is 0 Å². The Morgan fingerprint density at radius 3 is 2.55 bits per heavy atom. The van der Waals surface area contributed by atoms with Gasteiger partial charge in [-0.3, -0.25) is 4.18 Å². The zero-order valence-corrected chi connectivity index (χ0v) is 12.8. The fraction of sp³-hybridized carbons (Fsp3) is 0.571. The van der Waals surface area contributed by atoms with Crippen LogP contribution in [0.3, 0.4) is 0 Å². The maximum absolute atomic E-state index is 12.0. The summed E-state index contributed by atoms with van der Waals surface area (Å²) >= 11 is 0. The number of benzene rings is 1. The summed E-state index contributed by atoms with van der Waals surface area (Å²) in [4.78, 5) is 0.161. The Hall–Kier alpha value is -0.950. The Labute approximate surface area is 120 Å². The molecule has 0 radical (unpaired) electrons. The van der Waals surface area contributed by atoms with Crippen LogP contribution < -0.4 is 0 Å². The summed E-state index contributed by atoms with van der Waals surface area (Å²) in [5.41, 5.74) is 0.999. The Bertz CT molecular complexity index is 547. The fourth-order valence-electron chi connectivity index (χ4n) is 1.99. The molecule has 2 rings (SSSR count). The van der Waals surface area contributed by atoms with Crippen LogP contribution in [0.15, 0.2) is 29.2 Å². The summed E-state index contributed by atoms with van der Waals surface area (Å²) < 4.78 is 40.2. The van der Waals surface area contributed by atoms with Crippen molar-refractivity contribution in [3.05, 3.63) is 29.8 Å². The van der Waals surface area contributed by atoms with Gasteiger partial charge in [0.25, 0.3) is 10.1 Å². The second kappa shape index (κ2) is 5.81. The fourth-order valence-corrected chi connectivity index (χ4v) is 2.92. The second-order valence-corrected chi connectivity index (χ2v) is 6.94. The third kappa shape index (κ3) is 4.02. The van der Waals surface area contributed by atoms with Gasteiger partial charge >= 0.3 is 0 Å². The topological polar surface area (TPSA) is 61.8 Å². The molecule has 1 atom stereocenters. The van der Waals surface area contributed by atoms with E-state index < -0.39 is 15.9 Å². The quantitative estimate of drug-likeness (QED) is 0.798. The van der Waals surface area contributed by atoms with E-state index >= 15 is 0 Å². The third-order valence-electron chi connectivity index (χ3n) is 3.06. The monoisotopic (exact) mass is 300 g/mol. The molecule has 112 valence electrons. The summed E-state index contributed by atoms with van der Waals surface area (Å²) in [7, 11) is -3.73. The van der Waals surface area contributed by atoms with E-state index in [0.29, 0.717) is 13.0 Å². The first-order valence-corrected chi connectivity index (χ1v) is 7.97. The van der Waals surface area contributed by atoms with Gasteiger partial charge in [-0.25, -0.2) is 0 Å². The lowest BCUT2D eigenvalue weighted by molar-refractivity contribution is -0.276. The average Bonchev–Trinajstić information content (AvgIpc) is 2.36. The molecule has 0 saturated carbocycles. The third-order valence-corrected chi connectivity index (χ3v) is 4.35. The number of hydrogen-bond acceptors (Lipinski definition) is 5. The molecule has 0 amide bonds. The van der Waals surface area contributed by atoms with E-state index in [4.69, 9.17) is 13.7 Å². The first-order chi connectivity index (χ1) is 9.28. The summed E-state index contributed by atoms with van der Waals surface area (Å²) in [6.45, 7) is 6.03. The largest absolute Gasteiger partial charge is 0.350 e. The molecule has 1 aliphatic rings. The Balaban J connectivity index is 1.97. The molecule has 0 unspecified atom stereocenters. The predicted molar refractivity (Wildman–Crippen MR) is 73.8 cm³/mol. The number of ether oxygens (including phenoxy) is 2. The molecule has 5 nitrogen and oxygen atoms in total. The van der Waals surface area contributed by atoms with Crippen LogP contribution in [0, 0.1) is 6.92 Å². The van der Waals surface area contributed by atoms with Gasteiger partial charge in [-0.1, -0.05) is 17.7 Å². The molecule has 0 bridgehead atoms.